The van der Waals surface area contributed by atoms with Crippen LogP contribution in [0.5, 0.6) is 5.75 Å². The number of amides is 3. The Morgan fingerprint density at radius 1 is 1.17 bits per heavy atom. The van der Waals surface area contributed by atoms with Crippen molar-refractivity contribution in [2.75, 3.05) is 19.0 Å². The number of ether oxygens (including phenoxy) is 1. The average molecular weight is 486 g/mol. The van der Waals surface area contributed by atoms with Gasteiger partial charge >= 0.3 is 0 Å². The molecule has 1 aromatic carbocycles. The molecule has 5 heterocycles. The maximum absolute atomic E-state index is 13.2. The number of pyridine rings is 1. The molecule has 3 amide bonds. The molecule has 182 valence electrons. The molecular weight excluding hydrogens is 464 g/mol. The van der Waals surface area contributed by atoms with Gasteiger partial charge in [-0.1, -0.05) is 6.07 Å². The third-order valence-corrected chi connectivity index (χ3v) is 6.73. The second kappa shape index (κ2) is 7.94. The van der Waals surface area contributed by atoms with Crippen LogP contribution in [-0.2, 0) is 28.6 Å². The molecule has 4 aromatic rings. The van der Waals surface area contributed by atoms with Gasteiger partial charge in [0.05, 0.1) is 19.7 Å². The van der Waals surface area contributed by atoms with E-state index in [2.05, 4.69) is 20.7 Å². The van der Waals surface area contributed by atoms with Crippen LogP contribution in [0.15, 0.2) is 53.1 Å². The molecule has 11 heteroatoms. The number of aromatic nitrogens is 3. The van der Waals surface area contributed by atoms with Crippen molar-refractivity contribution >= 4 is 40.5 Å². The van der Waals surface area contributed by atoms with Crippen LogP contribution in [0.2, 0.25) is 0 Å². The van der Waals surface area contributed by atoms with E-state index in [1.165, 1.54) is 7.11 Å². The summed E-state index contributed by atoms with van der Waals surface area (Å²) in [6.45, 7) is 0.305. The van der Waals surface area contributed by atoms with Crippen molar-refractivity contribution in [3.63, 3.8) is 0 Å². The van der Waals surface area contributed by atoms with E-state index in [9.17, 15) is 14.4 Å². The first-order chi connectivity index (χ1) is 17.4. The van der Waals surface area contributed by atoms with Crippen LogP contribution in [-0.4, -0.2) is 51.0 Å². The Bertz CT molecular complexity index is 1560. The Labute approximate surface area is 205 Å². The molecule has 0 bridgehead atoms. The summed E-state index contributed by atoms with van der Waals surface area (Å²) in [6.07, 6.45) is 1.54. The van der Waals surface area contributed by atoms with E-state index < -0.39 is 17.2 Å². The van der Waals surface area contributed by atoms with Gasteiger partial charge in [-0.2, -0.15) is 5.10 Å². The van der Waals surface area contributed by atoms with Crippen molar-refractivity contribution in [1.82, 2.24) is 25.0 Å². The van der Waals surface area contributed by atoms with E-state index in [1.807, 2.05) is 19.2 Å². The van der Waals surface area contributed by atoms with Gasteiger partial charge in [-0.15, -0.1) is 0 Å². The van der Waals surface area contributed by atoms with Crippen LogP contribution in [0.25, 0.3) is 11.1 Å². The summed E-state index contributed by atoms with van der Waals surface area (Å²) in [4.78, 5) is 44.9. The zero-order valence-electron chi connectivity index (χ0n) is 19.6. The highest BCUT2D eigenvalue weighted by atomic mass is 16.5. The average Bonchev–Trinajstić information content (AvgIpc) is 3.61. The first-order valence-corrected chi connectivity index (χ1v) is 11.3. The van der Waals surface area contributed by atoms with Crippen molar-refractivity contribution < 1.29 is 23.5 Å². The number of nitrogens with zero attached hydrogens (tertiary/aromatic N) is 4. The third-order valence-electron chi connectivity index (χ3n) is 6.73. The minimum absolute atomic E-state index is 0.0135. The molecular formula is C25H22N6O5. The van der Waals surface area contributed by atoms with Crippen LogP contribution in [0.4, 0.5) is 11.6 Å². The Morgan fingerprint density at radius 3 is 2.75 bits per heavy atom. The molecule has 0 unspecified atom stereocenters. The largest absolute Gasteiger partial charge is 0.497 e. The molecule has 2 N–H and O–H groups in total. The van der Waals surface area contributed by atoms with E-state index in [-0.39, 0.29) is 24.6 Å². The number of furan rings is 1. The van der Waals surface area contributed by atoms with Crippen LogP contribution < -0.4 is 15.4 Å². The summed E-state index contributed by atoms with van der Waals surface area (Å²) >= 11 is 0. The van der Waals surface area contributed by atoms with Crippen molar-refractivity contribution in [3.8, 4) is 5.75 Å². The lowest BCUT2D eigenvalue weighted by Gasteiger charge is -2.28. The fraction of sp³-hybridized carbons (Fsp3) is 0.240. The number of carbonyl (C=O) groups is 3. The van der Waals surface area contributed by atoms with Gasteiger partial charge in [-0.05, 0) is 29.8 Å². The monoisotopic (exact) mass is 486 g/mol. The van der Waals surface area contributed by atoms with Crippen molar-refractivity contribution in [3.05, 3.63) is 65.5 Å². The number of carbonyl (C=O) groups excluding carboxylic acids is 3. The summed E-state index contributed by atoms with van der Waals surface area (Å²) in [5.74, 6) is 1.04. The molecule has 3 aromatic heterocycles. The van der Waals surface area contributed by atoms with Crippen molar-refractivity contribution in [1.29, 1.82) is 0 Å². The number of anilines is 2. The molecule has 0 spiro atoms. The summed E-state index contributed by atoms with van der Waals surface area (Å²) in [6, 6.07) is 12.3. The standard InChI is InChI=1S/C25H22N6O5/c1-30-21(7-8-26-30)28-20-6-5-18-17(27-20)10-19(36-18)25(11-22(32)29-24(25)34)13-31-12-14-3-4-15(35-2)9-16(14)23(31)33/h3-10H,11-13H2,1-2H3,(H,27,28)(H,29,32,34)/t25-/m1/s1. The van der Waals surface area contributed by atoms with E-state index in [0.29, 0.717) is 34.8 Å². The first-order valence-electron chi connectivity index (χ1n) is 11.3. The zero-order valence-corrected chi connectivity index (χ0v) is 19.6. The lowest BCUT2D eigenvalue weighted by molar-refractivity contribution is -0.127. The number of rotatable bonds is 6. The van der Waals surface area contributed by atoms with Crippen LogP contribution in [0, 0.1) is 0 Å². The highest BCUT2D eigenvalue weighted by Crippen LogP contribution is 2.39. The topological polar surface area (TPSA) is 132 Å². The highest BCUT2D eigenvalue weighted by molar-refractivity contribution is 6.10. The van der Waals surface area contributed by atoms with Gasteiger partial charge in [0.1, 0.15) is 34.1 Å². The second-order valence-corrected chi connectivity index (χ2v) is 8.98. The van der Waals surface area contributed by atoms with Gasteiger partial charge in [0.15, 0.2) is 5.58 Å². The van der Waals surface area contributed by atoms with Crippen LogP contribution in [0.1, 0.15) is 28.1 Å². The fourth-order valence-corrected chi connectivity index (χ4v) is 4.83. The van der Waals surface area contributed by atoms with E-state index in [0.717, 1.165) is 11.4 Å². The predicted octanol–water partition coefficient (Wildman–Crippen LogP) is 2.25. The Morgan fingerprint density at radius 2 is 2.03 bits per heavy atom. The van der Waals surface area contributed by atoms with Gasteiger partial charge in [0.25, 0.3) is 5.91 Å². The fourth-order valence-electron chi connectivity index (χ4n) is 4.83. The molecule has 0 aliphatic carbocycles. The van der Waals surface area contributed by atoms with Gasteiger partial charge in [-0.25, -0.2) is 4.98 Å². The van der Waals surface area contributed by atoms with E-state index in [1.54, 1.807) is 46.1 Å². The lowest BCUT2D eigenvalue weighted by atomic mass is 9.82. The Kier molecular flexibility index (Phi) is 4.82. The number of imide groups is 1. The number of methoxy groups -OCH3 is 1. The maximum atomic E-state index is 13.2. The second-order valence-electron chi connectivity index (χ2n) is 8.98. The van der Waals surface area contributed by atoms with Crippen molar-refractivity contribution in [2.24, 2.45) is 7.05 Å². The summed E-state index contributed by atoms with van der Waals surface area (Å²) in [5.41, 5.74) is 0.969. The summed E-state index contributed by atoms with van der Waals surface area (Å²) in [7, 11) is 3.35. The molecule has 36 heavy (non-hydrogen) atoms. The quantitative estimate of drug-likeness (QED) is 0.397. The van der Waals surface area contributed by atoms with Crippen LogP contribution in [0.3, 0.4) is 0 Å². The predicted molar refractivity (Wildman–Crippen MR) is 128 cm³/mol. The molecule has 1 fully saturated rings. The Hall–Kier alpha value is -4.67. The third kappa shape index (κ3) is 3.39. The molecule has 1 atom stereocenters. The molecule has 6 rings (SSSR count). The number of benzene rings is 1. The van der Waals surface area contributed by atoms with Gasteiger partial charge in [0, 0.05) is 37.8 Å². The van der Waals surface area contributed by atoms with Gasteiger partial charge in [-0.3, -0.25) is 24.4 Å². The molecule has 11 nitrogen and oxygen atoms in total. The zero-order chi connectivity index (χ0) is 25.0. The number of fused-ring (bicyclic) bond motifs is 2. The van der Waals surface area contributed by atoms with Gasteiger partial charge in [0.2, 0.25) is 11.8 Å². The normalized spacial score (nSPS) is 19.2. The van der Waals surface area contributed by atoms with Crippen molar-refractivity contribution in [2.45, 2.75) is 18.4 Å². The van der Waals surface area contributed by atoms with Gasteiger partial charge < -0.3 is 19.4 Å². The lowest BCUT2D eigenvalue weighted by Crippen LogP contribution is -2.46. The minimum Gasteiger partial charge on any atom is -0.497 e. The Balaban J connectivity index is 1.35. The first kappa shape index (κ1) is 21.8. The number of nitrogens with one attached hydrogen (secondary N) is 2. The summed E-state index contributed by atoms with van der Waals surface area (Å²) in [5, 5.41) is 9.70. The SMILES string of the molecule is COc1ccc2c(c1)C(=O)N(C[C@@]1(c3cc4nc(Nc5ccnn5C)ccc4o3)CC(=O)NC1=O)C2. The number of hydrogen-bond acceptors (Lipinski definition) is 8. The number of aryl methyl sites for hydroxylation is 1. The van der Waals surface area contributed by atoms with E-state index in [4.69, 9.17) is 9.15 Å². The molecule has 2 aliphatic heterocycles. The molecule has 0 saturated carbocycles. The number of hydrogen-bond donors (Lipinski definition) is 2. The highest BCUT2D eigenvalue weighted by Gasteiger charge is 2.53. The molecule has 2 aliphatic rings. The maximum Gasteiger partial charge on any atom is 0.254 e. The summed E-state index contributed by atoms with van der Waals surface area (Å²) < 4.78 is 13.0. The molecule has 0 radical (unpaired) electrons. The van der Waals surface area contributed by atoms with E-state index >= 15 is 0 Å². The smallest absolute Gasteiger partial charge is 0.254 e. The molecule has 1 saturated heterocycles. The minimum atomic E-state index is -1.37. The van der Waals surface area contributed by atoms with Crippen LogP contribution >= 0.6 is 0 Å².